The molecule has 1 heterocycles. The number of ether oxygens (including phenoxy) is 2. The lowest BCUT2D eigenvalue weighted by Crippen LogP contribution is -2.56. The SMILES string of the molecule is CCC(C)(C(=O)Nc1ccc(OC)cc1OC)N(Cc1nc(-c2ccc(Cl)cc2)cs1)C(=O)Cc1ccccc1. The number of aromatic nitrogens is 1. The predicted octanol–water partition coefficient (Wildman–Crippen LogP) is 6.86. The summed E-state index contributed by atoms with van der Waals surface area (Å²) >= 11 is 7.50. The van der Waals surface area contributed by atoms with Crippen LogP contribution in [0.5, 0.6) is 11.5 Å². The van der Waals surface area contributed by atoms with E-state index in [2.05, 4.69) is 5.32 Å². The van der Waals surface area contributed by atoms with E-state index >= 15 is 0 Å². The molecule has 0 aliphatic heterocycles. The number of hydrogen-bond donors (Lipinski definition) is 1. The first-order valence-corrected chi connectivity index (χ1v) is 14.1. The molecular weight excluding hydrogens is 546 g/mol. The van der Waals surface area contributed by atoms with Gasteiger partial charge in [0.1, 0.15) is 22.0 Å². The lowest BCUT2D eigenvalue weighted by Gasteiger charge is -2.39. The molecule has 0 aliphatic carbocycles. The number of hydrogen-bond acceptors (Lipinski definition) is 6. The standard InChI is InChI=1S/C31H32ClN3O4S/c1-5-31(2,30(37)34-25-16-15-24(38-3)18-27(25)39-4)35(29(36)17-21-9-7-6-8-10-21)19-28-33-26(20-40-28)22-11-13-23(32)14-12-22/h6-16,18,20H,5,17,19H2,1-4H3,(H,34,37). The topological polar surface area (TPSA) is 80.8 Å². The van der Waals surface area contributed by atoms with E-state index < -0.39 is 5.54 Å². The summed E-state index contributed by atoms with van der Waals surface area (Å²) in [6.45, 7) is 3.87. The summed E-state index contributed by atoms with van der Waals surface area (Å²) in [5, 5.41) is 6.30. The van der Waals surface area contributed by atoms with Crippen LogP contribution in [-0.2, 0) is 22.6 Å². The van der Waals surface area contributed by atoms with Crippen molar-refractivity contribution in [2.24, 2.45) is 0 Å². The normalized spacial score (nSPS) is 12.3. The number of methoxy groups -OCH3 is 2. The third-order valence-electron chi connectivity index (χ3n) is 6.91. The second kappa shape index (κ2) is 13.0. The van der Waals surface area contributed by atoms with Crippen molar-refractivity contribution in [3.63, 3.8) is 0 Å². The minimum Gasteiger partial charge on any atom is -0.497 e. The largest absolute Gasteiger partial charge is 0.497 e. The number of carbonyl (C=O) groups is 2. The zero-order valence-corrected chi connectivity index (χ0v) is 24.5. The van der Waals surface area contributed by atoms with Gasteiger partial charge in [0.25, 0.3) is 0 Å². The van der Waals surface area contributed by atoms with Gasteiger partial charge >= 0.3 is 0 Å². The van der Waals surface area contributed by atoms with Crippen LogP contribution in [-0.4, -0.2) is 41.5 Å². The number of nitrogens with one attached hydrogen (secondary N) is 1. The number of benzene rings is 3. The Kier molecular flexibility index (Phi) is 9.45. The van der Waals surface area contributed by atoms with Crippen molar-refractivity contribution in [2.45, 2.75) is 38.8 Å². The smallest absolute Gasteiger partial charge is 0.250 e. The number of nitrogens with zero attached hydrogens (tertiary/aromatic N) is 2. The van der Waals surface area contributed by atoms with E-state index in [1.54, 1.807) is 37.1 Å². The minimum absolute atomic E-state index is 0.158. The summed E-state index contributed by atoms with van der Waals surface area (Å²) < 4.78 is 10.8. The Bertz CT molecular complexity index is 1460. The number of halogens is 1. The number of carbonyl (C=O) groups excluding carboxylic acids is 2. The fourth-order valence-corrected chi connectivity index (χ4v) is 5.23. The Morgan fingerprint density at radius 3 is 2.40 bits per heavy atom. The van der Waals surface area contributed by atoms with Crippen molar-refractivity contribution >= 4 is 40.4 Å². The van der Waals surface area contributed by atoms with Gasteiger partial charge in [-0.3, -0.25) is 9.59 Å². The Hall–Kier alpha value is -3.88. The molecule has 40 heavy (non-hydrogen) atoms. The van der Waals surface area contributed by atoms with E-state index in [1.807, 2.05) is 66.9 Å². The Morgan fingerprint density at radius 2 is 1.75 bits per heavy atom. The molecule has 1 unspecified atom stereocenters. The first kappa shape index (κ1) is 29.1. The average Bonchev–Trinajstić information content (AvgIpc) is 3.45. The van der Waals surface area contributed by atoms with E-state index in [0.717, 1.165) is 21.8 Å². The zero-order chi connectivity index (χ0) is 28.7. The number of thiazole rings is 1. The average molecular weight is 578 g/mol. The number of amides is 2. The Balaban J connectivity index is 1.66. The number of anilines is 1. The van der Waals surface area contributed by atoms with Crippen LogP contribution in [0.25, 0.3) is 11.3 Å². The maximum atomic E-state index is 13.9. The highest BCUT2D eigenvalue weighted by atomic mass is 35.5. The lowest BCUT2D eigenvalue weighted by molar-refractivity contribution is -0.145. The highest BCUT2D eigenvalue weighted by Crippen LogP contribution is 2.33. The molecule has 0 saturated heterocycles. The minimum atomic E-state index is -1.18. The lowest BCUT2D eigenvalue weighted by atomic mass is 9.93. The van der Waals surface area contributed by atoms with Crippen molar-refractivity contribution in [3.8, 4) is 22.8 Å². The highest BCUT2D eigenvalue weighted by molar-refractivity contribution is 7.09. The molecule has 1 aromatic heterocycles. The van der Waals surface area contributed by atoms with E-state index in [0.29, 0.717) is 28.6 Å². The molecule has 2 amide bonds. The van der Waals surface area contributed by atoms with Gasteiger partial charge in [0, 0.05) is 22.0 Å². The first-order valence-electron chi connectivity index (χ1n) is 12.9. The molecule has 208 valence electrons. The molecule has 0 spiro atoms. The van der Waals surface area contributed by atoms with Crippen molar-refractivity contribution in [1.82, 2.24) is 9.88 Å². The molecule has 0 bridgehead atoms. The third-order valence-corrected chi connectivity index (χ3v) is 8.00. The maximum absolute atomic E-state index is 13.9. The van der Waals surface area contributed by atoms with Crippen LogP contribution in [0, 0.1) is 0 Å². The first-order chi connectivity index (χ1) is 19.3. The van der Waals surface area contributed by atoms with Crippen molar-refractivity contribution < 1.29 is 19.1 Å². The van der Waals surface area contributed by atoms with E-state index in [1.165, 1.54) is 18.4 Å². The van der Waals surface area contributed by atoms with Gasteiger partial charge in [0.05, 0.1) is 38.6 Å². The molecule has 0 aliphatic rings. The van der Waals surface area contributed by atoms with Gasteiger partial charge in [-0.2, -0.15) is 0 Å². The van der Waals surface area contributed by atoms with Gasteiger partial charge in [0.2, 0.25) is 11.8 Å². The summed E-state index contributed by atoms with van der Waals surface area (Å²) in [5.74, 6) is 0.568. The monoisotopic (exact) mass is 577 g/mol. The second-order valence-electron chi connectivity index (χ2n) is 9.42. The molecule has 9 heteroatoms. The molecule has 0 fully saturated rings. The van der Waals surface area contributed by atoms with Gasteiger partial charge in [-0.05, 0) is 43.2 Å². The van der Waals surface area contributed by atoms with Crippen LogP contribution in [0.4, 0.5) is 5.69 Å². The van der Waals surface area contributed by atoms with Crippen LogP contribution in [0.3, 0.4) is 0 Å². The van der Waals surface area contributed by atoms with Crippen LogP contribution in [0.15, 0.2) is 78.2 Å². The van der Waals surface area contributed by atoms with E-state index in [4.69, 9.17) is 26.1 Å². The quantitative estimate of drug-likeness (QED) is 0.211. The second-order valence-corrected chi connectivity index (χ2v) is 10.8. The fourth-order valence-electron chi connectivity index (χ4n) is 4.31. The molecule has 7 nitrogen and oxygen atoms in total. The van der Waals surface area contributed by atoms with E-state index in [-0.39, 0.29) is 24.8 Å². The van der Waals surface area contributed by atoms with Crippen LogP contribution < -0.4 is 14.8 Å². The van der Waals surface area contributed by atoms with Crippen molar-refractivity contribution in [1.29, 1.82) is 0 Å². The number of rotatable bonds is 11. The molecule has 0 saturated carbocycles. The van der Waals surface area contributed by atoms with Crippen LogP contribution in [0.2, 0.25) is 5.02 Å². The molecule has 4 aromatic rings. The van der Waals surface area contributed by atoms with Gasteiger partial charge in [-0.15, -0.1) is 11.3 Å². The van der Waals surface area contributed by atoms with Crippen LogP contribution >= 0.6 is 22.9 Å². The van der Waals surface area contributed by atoms with Gasteiger partial charge in [0.15, 0.2) is 0 Å². The Labute approximate surface area is 243 Å². The summed E-state index contributed by atoms with van der Waals surface area (Å²) in [4.78, 5) is 34.2. The van der Waals surface area contributed by atoms with Gasteiger partial charge < -0.3 is 19.7 Å². The molecule has 1 atom stereocenters. The van der Waals surface area contributed by atoms with Gasteiger partial charge in [-0.1, -0.05) is 61.0 Å². The summed E-state index contributed by atoms with van der Waals surface area (Å²) in [6, 6.07) is 22.1. The van der Waals surface area contributed by atoms with E-state index in [9.17, 15) is 9.59 Å². The third kappa shape index (κ3) is 6.63. The summed E-state index contributed by atoms with van der Waals surface area (Å²) in [5.41, 5.74) is 1.90. The van der Waals surface area contributed by atoms with Crippen LogP contribution in [0.1, 0.15) is 30.8 Å². The molecule has 3 aromatic carbocycles. The molecule has 0 radical (unpaired) electrons. The molecular formula is C31H32ClN3O4S. The highest BCUT2D eigenvalue weighted by Gasteiger charge is 2.41. The van der Waals surface area contributed by atoms with Gasteiger partial charge in [-0.25, -0.2) is 4.98 Å². The zero-order valence-electron chi connectivity index (χ0n) is 22.9. The summed E-state index contributed by atoms with van der Waals surface area (Å²) in [7, 11) is 3.09. The molecule has 4 rings (SSSR count). The maximum Gasteiger partial charge on any atom is 0.250 e. The fraction of sp³-hybridized carbons (Fsp3) is 0.258. The summed E-state index contributed by atoms with van der Waals surface area (Å²) in [6.07, 6.45) is 0.540. The van der Waals surface area contributed by atoms with Crippen molar-refractivity contribution in [3.05, 3.63) is 93.8 Å². The van der Waals surface area contributed by atoms with Crippen molar-refractivity contribution in [2.75, 3.05) is 19.5 Å². The predicted molar refractivity (Wildman–Crippen MR) is 160 cm³/mol. The molecule has 1 N–H and O–H groups in total. The Morgan fingerprint density at radius 1 is 1.02 bits per heavy atom.